The highest BCUT2D eigenvalue weighted by Gasteiger charge is 2.31. The van der Waals surface area contributed by atoms with E-state index in [-0.39, 0.29) is 0 Å². The molecule has 0 aromatic heterocycles. The molecule has 0 bridgehead atoms. The third-order valence-electron chi connectivity index (χ3n) is 3.19. The van der Waals surface area contributed by atoms with E-state index >= 15 is 0 Å². The van der Waals surface area contributed by atoms with Gasteiger partial charge < -0.3 is 4.74 Å². The third kappa shape index (κ3) is 4.98. The van der Waals surface area contributed by atoms with E-state index in [0.717, 1.165) is 21.4 Å². The van der Waals surface area contributed by atoms with Crippen molar-refractivity contribution in [1.29, 1.82) is 0 Å². The Labute approximate surface area is 151 Å². The van der Waals surface area contributed by atoms with E-state index in [1.807, 2.05) is 42.6 Å². The molecule has 0 fully saturated rings. The molecule has 0 N–H and O–H groups in total. The molecule has 0 saturated heterocycles. The fourth-order valence-corrected chi connectivity index (χ4v) is 3.43. The van der Waals surface area contributed by atoms with Crippen LogP contribution in [0.3, 0.4) is 0 Å². The molecule has 0 radical (unpaired) electrons. The number of ether oxygens (including phenoxy) is 1. The summed E-state index contributed by atoms with van der Waals surface area (Å²) < 4.78 is 45.2. The van der Waals surface area contributed by atoms with Gasteiger partial charge in [0.25, 0.3) is 0 Å². The summed E-state index contributed by atoms with van der Waals surface area (Å²) in [5.41, 5.74) is 2.96. The van der Waals surface area contributed by atoms with Crippen LogP contribution in [0, 0.1) is 0 Å². The maximum Gasteiger partial charge on any atom is 0.573 e. The topological polar surface area (TPSA) is 15.7 Å². The minimum atomic E-state index is -4.72. The van der Waals surface area contributed by atoms with Gasteiger partial charge in [0.15, 0.2) is 0 Å². The average Bonchev–Trinajstić information content (AvgIpc) is 2.77. The number of alkyl halides is 3. The highest BCUT2D eigenvalue weighted by Crippen LogP contribution is 2.45. The number of halogens is 4. The molecular weight excluding hydrogens is 405 g/mol. The summed E-state index contributed by atoms with van der Waals surface area (Å²) in [7, 11) is 1.96. The molecule has 3 nitrogen and oxygen atoms in total. The fraction of sp³-hybridized carbons (Fsp3) is 0.250. The number of anilines is 2. The van der Waals surface area contributed by atoms with Crippen LogP contribution in [0.5, 0.6) is 0 Å². The first-order chi connectivity index (χ1) is 11.2. The van der Waals surface area contributed by atoms with Crippen LogP contribution in [0.1, 0.15) is 6.92 Å². The summed E-state index contributed by atoms with van der Waals surface area (Å²) >= 11 is 4.98. The summed E-state index contributed by atoms with van der Waals surface area (Å²) in [6, 6.07) is 5.97. The van der Waals surface area contributed by atoms with E-state index < -0.39 is 12.1 Å². The van der Waals surface area contributed by atoms with Gasteiger partial charge >= 0.3 is 6.36 Å². The Morgan fingerprint density at radius 1 is 1.33 bits per heavy atom. The molecule has 1 aromatic carbocycles. The largest absolute Gasteiger partial charge is 0.573 e. The normalized spacial score (nSPS) is 15.2. The predicted molar refractivity (Wildman–Crippen MR) is 96.7 cm³/mol. The van der Waals surface area contributed by atoms with Gasteiger partial charge in [0.05, 0.1) is 30.1 Å². The van der Waals surface area contributed by atoms with E-state index in [9.17, 15) is 13.2 Å². The molecule has 24 heavy (non-hydrogen) atoms. The third-order valence-corrected chi connectivity index (χ3v) is 4.65. The van der Waals surface area contributed by atoms with Crippen molar-refractivity contribution in [3.63, 3.8) is 0 Å². The quantitative estimate of drug-likeness (QED) is 0.338. The first kappa shape index (κ1) is 18.8. The number of allylic oxidation sites excluding steroid dienone is 2. The summed E-state index contributed by atoms with van der Waals surface area (Å²) in [4.78, 5) is 0. The first-order valence-corrected chi connectivity index (χ1v) is 8.49. The molecular formula is C16H16BrF3N2OS. The molecule has 8 heteroatoms. The summed E-state index contributed by atoms with van der Waals surface area (Å²) in [6.07, 6.45) is -0.0899. The minimum absolute atomic E-state index is 0.447. The molecule has 0 amide bonds. The van der Waals surface area contributed by atoms with E-state index in [1.165, 1.54) is 18.2 Å². The van der Waals surface area contributed by atoms with Gasteiger partial charge in [-0.2, -0.15) is 0 Å². The Hall–Kier alpha value is -1.54. The van der Waals surface area contributed by atoms with Crippen molar-refractivity contribution >= 4 is 39.4 Å². The number of benzene rings is 1. The highest BCUT2D eigenvalue weighted by atomic mass is 79.9. The second kappa shape index (κ2) is 7.57. The lowest BCUT2D eigenvalue weighted by atomic mass is 10.2. The summed E-state index contributed by atoms with van der Waals surface area (Å²) in [6.45, 7) is 5.62. The molecule has 0 atom stereocenters. The first-order valence-electron chi connectivity index (χ1n) is 6.96. The van der Waals surface area contributed by atoms with Crippen LogP contribution < -0.4 is 8.61 Å². The van der Waals surface area contributed by atoms with Crippen molar-refractivity contribution in [3.05, 3.63) is 58.8 Å². The van der Waals surface area contributed by atoms with Crippen LogP contribution in [-0.2, 0) is 4.74 Å². The molecule has 1 aromatic rings. The van der Waals surface area contributed by atoms with E-state index in [0.29, 0.717) is 6.54 Å². The van der Waals surface area contributed by atoms with Crippen molar-refractivity contribution < 1.29 is 17.9 Å². The van der Waals surface area contributed by atoms with Gasteiger partial charge in [-0.1, -0.05) is 34.7 Å². The smallest absolute Gasteiger partial charge is 0.406 e. The number of hydrogen-bond acceptors (Lipinski definition) is 4. The number of rotatable bonds is 5. The van der Waals surface area contributed by atoms with Gasteiger partial charge in [0.1, 0.15) is 5.76 Å². The Morgan fingerprint density at radius 3 is 2.67 bits per heavy atom. The monoisotopic (exact) mass is 420 g/mol. The van der Waals surface area contributed by atoms with Crippen LogP contribution in [0.2, 0.25) is 0 Å². The zero-order valence-electron chi connectivity index (χ0n) is 13.1. The zero-order valence-corrected chi connectivity index (χ0v) is 15.5. The average molecular weight is 421 g/mol. The summed E-state index contributed by atoms with van der Waals surface area (Å²) in [5.74, 6) is -0.447. The predicted octanol–water partition coefficient (Wildman–Crippen LogP) is 5.82. The molecule has 1 aliphatic rings. The zero-order chi connectivity index (χ0) is 17.9. The van der Waals surface area contributed by atoms with Crippen molar-refractivity contribution in [2.75, 3.05) is 22.2 Å². The maximum atomic E-state index is 12.1. The van der Waals surface area contributed by atoms with Crippen molar-refractivity contribution in [3.8, 4) is 0 Å². The second-order valence-electron chi connectivity index (χ2n) is 4.96. The van der Waals surface area contributed by atoms with Crippen LogP contribution in [-0.4, -0.2) is 20.0 Å². The fourth-order valence-electron chi connectivity index (χ4n) is 2.10. The van der Waals surface area contributed by atoms with Gasteiger partial charge in [-0.15, -0.1) is 13.2 Å². The van der Waals surface area contributed by atoms with Gasteiger partial charge in [-0.05, 0) is 36.8 Å². The Morgan fingerprint density at radius 2 is 2.04 bits per heavy atom. The Kier molecular flexibility index (Phi) is 5.92. The number of hydrogen-bond donors (Lipinski definition) is 0. The van der Waals surface area contributed by atoms with Crippen LogP contribution in [0.4, 0.5) is 24.5 Å². The Balaban J connectivity index is 2.06. The number of nitrogens with zero attached hydrogens (tertiary/aromatic N) is 2. The lowest BCUT2D eigenvalue weighted by Gasteiger charge is -2.17. The van der Waals surface area contributed by atoms with Gasteiger partial charge in [0, 0.05) is 11.5 Å². The lowest BCUT2D eigenvalue weighted by molar-refractivity contribution is -0.303. The van der Waals surface area contributed by atoms with Crippen LogP contribution in [0.15, 0.2) is 58.8 Å². The summed E-state index contributed by atoms with van der Waals surface area (Å²) in [5, 5.41) is 0. The molecule has 0 spiro atoms. The molecule has 0 aliphatic carbocycles. The van der Waals surface area contributed by atoms with E-state index in [1.54, 1.807) is 6.08 Å². The molecule has 0 saturated carbocycles. The van der Waals surface area contributed by atoms with E-state index in [2.05, 4.69) is 31.6 Å². The second-order valence-corrected chi connectivity index (χ2v) is 7.03. The van der Waals surface area contributed by atoms with Crippen molar-refractivity contribution in [1.82, 2.24) is 0 Å². The van der Waals surface area contributed by atoms with Crippen molar-refractivity contribution in [2.24, 2.45) is 0 Å². The maximum absolute atomic E-state index is 12.1. The van der Waals surface area contributed by atoms with E-state index in [4.69, 9.17) is 0 Å². The molecule has 0 unspecified atom stereocenters. The highest BCUT2D eigenvalue weighted by molar-refractivity contribution is 9.10. The van der Waals surface area contributed by atoms with Crippen molar-refractivity contribution in [2.45, 2.75) is 13.3 Å². The molecule has 130 valence electrons. The van der Waals surface area contributed by atoms with Gasteiger partial charge in [0.2, 0.25) is 0 Å². The molecule has 2 rings (SSSR count). The van der Waals surface area contributed by atoms with Gasteiger partial charge in [-0.25, -0.2) is 0 Å². The minimum Gasteiger partial charge on any atom is -0.406 e. The standard InChI is InChI=1S/C16H16BrF3N2OS/c1-4-12(6-5-11(2)23-16(18,19)20)10-22-14-8-7-13(17)9-15(14)21(3)24-22/h4-9H,2,10H2,1,3H3/b6-5-,12-4+. The number of fused-ring (bicyclic) bond motifs is 1. The Bertz CT molecular complexity index is 688. The molecule has 1 aliphatic heterocycles. The van der Waals surface area contributed by atoms with Gasteiger partial charge in [-0.3, -0.25) is 8.61 Å². The lowest BCUT2D eigenvalue weighted by Crippen LogP contribution is -2.16. The molecule has 1 heterocycles. The SMILES string of the molecule is C=C(/C=C\C(=C/C)CN1SN(C)c2cc(Br)ccc21)OC(F)(F)F. The van der Waals surface area contributed by atoms with Crippen LogP contribution in [0.25, 0.3) is 0 Å². The van der Waals surface area contributed by atoms with Crippen LogP contribution >= 0.6 is 28.1 Å².